The largest absolute Gasteiger partial charge is 0.439 e. The van der Waals surface area contributed by atoms with Gasteiger partial charge in [-0.2, -0.15) is 23.3 Å². The number of aromatic nitrogens is 1. The minimum atomic E-state index is -5.00. The predicted molar refractivity (Wildman–Crippen MR) is 75.4 cm³/mol. The van der Waals surface area contributed by atoms with Gasteiger partial charge in [-0.3, -0.25) is 9.78 Å². The maximum Gasteiger partial charge on any atom is 0.439 e. The van der Waals surface area contributed by atoms with Crippen LogP contribution in [0.4, 0.5) is 13.2 Å². The van der Waals surface area contributed by atoms with Crippen molar-refractivity contribution < 1.29 is 23.1 Å². The van der Waals surface area contributed by atoms with Crippen LogP contribution in [0, 0.1) is 11.8 Å². The summed E-state index contributed by atoms with van der Waals surface area (Å²) in [4.78, 5) is 16.2. The minimum Gasteiger partial charge on any atom is -0.362 e. The lowest BCUT2D eigenvalue weighted by Crippen LogP contribution is -2.61. The minimum absolute atomic E-state index is 0.00155. The van der Waals surface area contributed by atoms with Gasteiger partial charge in [-0.05, 0) is 30.9 Å². The van der Waals surface area contributed by atoms with Crippen LogP contribution < -0.4 is 0 Å². The number of hydrogen-bond acceptors (Lipinski definition) is 4. The summed E-state index contributed by atoms with van der Waals surface area (Å²) in [6.45, 7) is 1.77. The molecule has 1 amide bonds. The third-order valence-electron chi connectivity index (χ3n) is 4.55. The van der Waals surface area contributed by atoms with E-state index in [0.29, 0.717) is 12.8 Å². The van der Waals surface area contributed by atoms with Gasteiger partial charge < -0.3 is 5.11 Å². The van der Waals surface area contributed by atoms with E-state index in [1.165, 1.54) is 24.5 Å². The maximum atomic E-state index is 13.6. The fourth-order valence-electron chi connectivity index (χ4n) is 3.32. The molecule has 0 aromatic carbocycles. The number of amides is 1. The predicted octanol–water partition coefficient (Wildman–Crippen LogP) is 2.58. The molecule has 3 atom stereocenters. The molecule has 1 aliphatic heterocycles. The first kappa shape index (κ1) is 15.9. The van der Waals surface area contributed by atoms with E-state index < -0.39 is 23.7 Å². The number of halogens is 3. The first-order valence-corrected chi connectivity index (χ1v) is 7.39. The summed E-state index contributed by atoms with van der Waals surface area (Å²) in [7, 11) is 0. The molecule has 2 heterocycles. The first-order valence-electron chi connectivity index (χ1n) is 7.39. The smallest absolute Gasteiger partial charge is 0.362 e. The van der Waals surface area contributed by atoms with E-state index in [4.69, 9.17) is 0 Å². The highest BCUT2D eigenvalue weighted by Crippen LogP contribution is 2.49. The Kier molecular flexibility index (Phi) is 3.66. The summed E-state index contributed by atoms with van der Waals surface area (Å²) in [6, 6.07) is 2.59. The monoisotopic (exact) mass is 327 g/mol. The van der Waals surface area contributed by atoms with Crippen molar-refractivity contribution in [3.8, 4) is 0 Å². The van der Waals surface area contributed by atoms with Crippen LogP contribution in [0.25, 0.3) is 0 Å². The number of rotatable bonds is 1. The molecule has 1 aliphatic carbocycles. The zero-order valence-electron chi connectivity index (χ0n) is 12.4. The zero-order valence-corrected chi connectivity index (χ0v) is 12.4. The number of carbonyl (C=O) groups is 1. The Bertz CT molecular complexity index is 647. The molecule has 1 N–H and O–H groups in total. The van der Waals surface area contributed by atoms with Crippen molar-refractivity contribution in [3.63, 3.8) is 0 Å². The molecule has 0 saturated heterocycles. The Labute approximate surface area is 130 Å². The Morgan fingerprint density at radius 3 is 2.61 bits per heavy atom. The van der Waals surface area contributed by atoms with Crippen LogP contribution in [0.15, 0.2) is 29.6 Å². The molecule has 3 unspecified atom stereocenters. The fourth-order valence-corrected chi connectivity index (χ4v) is 3.32. The van der Waals surface area contributed by atoms with Crippen LogP contribution >= 0.6 is 0 Å². The topological polar surface area (TPSA) is 65.8 Å². The van der Waals surface area contributed by atoms with E-state index in [-0.39, 0.29) is 28.6 Å². The number of alkyl halides is 3. The van der Waals surface area contributed by atoms with Gasteiger partial charge in [0.15, 0.2) is 0 Å². The summed E-state index contributed by atoms with van der Waals surface area (Å²) >= 11 is 0. The van der Waals surface area contributed by atoms with Gasteiger partial charge >= 0.3 is 6.18 Å². The van der Waals surface area contributed by atoms with Gasteiger partial charge in [-0.15, -0.1) is 0 Å². The third-order valence-corrected chi connectivity index (χ3v) is 4.55. The van der Waals surface area contributed by atoms with Crippen LogP contribution in [0.2, 0.25) is 0 Å². The third kappa shape index (κ3) is 2.32. The van der Waals surface area contributed by atoms with Gasteiger partial charge in [-0.25, -0.2) is 0 Å². The Morgan fingerprint density at radius 1 is 1.35 bits per heavy atom. The molecule has 1 aromatic heterocycles. The molecule has 1 saturated carbocycles. The van der Waals surface area contributed by atoms with Gasteiger partial charge in [0.2, 0.25) is 0 Å². The Morgan fingerprint density at radius 2 is 2.00 bits per heavy atom. The van der Waals surface area contributed by atoms with Crippen molar-refractivity contribution in [2.24, 2.45) is 16.9 Å². The highest BCUT2D eigenvalue weighted by molar-refractivity contribution is 5.99. The quantitative estimate of drug-likeness (QED) is 0.862. The molecule has 1 fully saturated rings. The standard InChI is InChI=1S/C15H16F3N3O2/c1-9-3-2-4-11-12(9)20-21(14(11,23)15(16,17)18)13(22)10-5-7-19-8-6-10/h5-9,11,23H,2-4H2,1H3. The van der Waals surface area contributed by atoms with E-state index in [9.17, 15) is 23.1 Å². The van der Waals surface area contributed by atoms with Crippen molar-refractivity contribution in [1.82, 2.24) is 9.99 Å². The van der Waals surface area contributed by atoms with Crippen LogP contribution in [-0.2, 0) is 0 Å². The van der Waals surface area contributed by atoms with Gasteiger partial charge in [0.1, 0.15) is 0 Å². The number of hydrazone groups is 1. The molecule has 1 aromatic rings. The van der Waals surface area contributed by atoms with E-state index in [1.807, 2.05) is 0 Å². The molecular formula is C15H16F3N3O2. The van der Waals surface area contributed by atoms with Crippen LogP contribution in [0.5, 0.6) is 0 Å². The lowest BCUT2D eigenvalue weighted by Gasteiger charge is -2.39. The second kappa shape index (κ2) is 5.30. The number of nitrogens with zero attached hydrogens (tertiary/aromatic N) is 3. The number of hydrogen-bond donors (Lipinski definition) is 1. The van der Waals surface area contributed by atoms with E-state index in [2.05, 4.69) is 10.1 Å². The van der Waals surface area contributed by atoms with E-state index in [0.717, 1.165) is 0 Å². The van der Waals surface area contributed by atoms with Gasteiger partial charge in [0.25, 0.3) is 11.6 Å². The van der Waals surface area contributed by atoms with Crippen LogP contribution in [0.3, 0.4) is 0 Å². The van der Waals surface area contributed by atoms with Crippen LogP contribution in [0.1, 0.15) is 36.5 Å². The summed E-state index contributed by atoms with van der Waals surface area (Å²) in [5.41, 5.74) is -3.05. The normalized spacial score (nSPS) is 30.8. The summed E-state index contributed by atoms with van der Waals surface area (Å²) < 4.78 is 40.9. The zero-order chi connectivity index (χ0) is 16.8. The van der Waals surface area contributed by atoms with Crippen molar-refractivity contribution in [3.05, 3.63) is 30.1 Å². The number of aliphatic hydroxyl groups is 1. The highest BCUT2D eigenvalue weighted by Gasteiger charge is 2.69. The van der Waals surface area contributed by atoms with Crippen molar-refractivity contribution >= 4 is 11.6 Å². The lowest BCUT2D eigenvalue weighted by atomic mass is 9.75. The van der Waals surface area contributed by atoms with E-state index >= 15 is 0 Å². The molecule has 0 spiro atoms. The maximum absolute atomic E-state index is 13.6. The van der Waals surface area contributed by atoms with Crippen LogP contribution in [-0.4, -0.2) is 38.6 Å². The molecule has 8 heteroatoms. The first-order chi connectivity index (χ1) is 10.8. The highest BCUT2D eigenvalue weighted by atomic mass is 19.4. The summed E-state index contributed by atoms with van der Waals surface area (Å²) in [6.07, 6.45) is -0.986. The molecule has 5 nitrogen and oxygen atoms in total. The van der Waals surface area contributed by atoms with Crippen molar-refractivity contribution in [1.29, 1.82) is 0 Å². The second-order valence-corrected chi connectivity index (χ2v) is 5.99. The van der Waals surface area contributed by atoms with Gasteiger partial charge in [0.05, 0.1) is 5.92 Å². The number of carbonyl (C=O) groups excluding carboxylic acids is 1. The summed E-state index contributed by atoms with van der Waals surface area (Å²) in [5, 5.41) is 14.6. The second-order valence-electron chi connectivity index (χ2n) is 5.99. The number of pyridine rings is 1. The molecule has 0 radical (unpaired) electrons. The SMILES string of the molecule is CC1CCCC2C1=NN(C(=O)c1ccncc1)C2(O)C(F)(F)F. The van der Waals surface area contributed by atoms with E-state index in [1.54, 1.807) is 6.92 Å². The average molecular weight is 327 g/mol. The lowest BCUT2D eigenvalue weighted by molar-refractivity contribution is -0.312. The van der Waals surface area contributed by atoms with Gasteiger partial charge in [0, 0.05) is 23.7 Å². The fraction of sp³-hybridized carbons (Fsp3) is 0.533. The molecule has 0 bridgehead atoms. The molecule has 23 heavy (non-hydrogen) atoms. The van der Waals surface area contributed by atoms with Gasteiger partial charge in [-0.1, -0.05) is 13.3 Å². The molecule has 124 valence electrons. The average Bonchev–Trinajstić information content (AvgIpc) is 2.83. The Balaban J connectivity index is 2.07. The van der Waals surface area contributed by atoms with Crippen molar-refractivity contribution in [2.75, 3.05) is 0 Å². The molecule has 2 aliphatic rings. The molecular weight excluding hydrogens is 311 g/mol. The Hall–Kier alpha value is -1.96. The van der Waals surface area contributed by atoms with Crippen molar-refractivity contribution in [2.45, 2.75) is 38.1 Å². The molecule has 3 rings (SSSR count). The summed E-state index contributed by atoms with van der Waals surface area (Å²) in [5.74, 6) is -2.39. The number of fused-ring (bicyclic) bond motifs is 1.